The van der Waals surface area contributed by atoms with E-state index >= 15 is 0 Å². The van der Waals surface area contributed by atoms with E-state index in [0.717, 1.165) is 35.3 Å². The number of anilines is 1. The summed E-state index contributed by atoms with van der Waals surface area (Å²) in [5.74, 6) is 0.506. The van der Waals surface area contributed by atoms with Gasteiger partial charge in [-0.15, -0.1) is 11.3 Å². The Hall–Kier alpha value is -2.34. The van der Waals surface area contributed by atoms with Gasteiger partial charge in [0.25, 0.3) is 11.8 Å². The van der Waals surface area contributed by atoms with Gasteiger partial charge in [-0.2, -0.15) is 0 Å². The summed E-state index contributed by atoms with van der Waals surface area (Å²) in [6.45, 7) is 8.16. The molecule has 0 aliphatic heterocycles. The maximum absolute atomic E-state index is 12.9. The van der Waals surface area contributed by atoms with Crippen molar-refractivity contribution in [2.24, 2.45) is 11.7 Å². The molecule has 1 heterocycles. The molecule has 1 aromatic carbocycles. The second-order valence-corrected chi connectivity index (χ2v) is 8.78. The number of aryl methyl sites for hydroxylation is 2. The minimum Gasteiger partial charge on any atom is -0.481 e. The second kappa shape index (κ2) is 8.35. The van der Waals surface area contributed by atoms with Crippen LogP contribution >= 0.6 is 11.3 Å². The third kappa shape index (κ3) is 4.22. The van der Waals surface area contributed by atoms with Gasteiger partial charge in [-0.25, -0.2) is 0 Å². The monoisotopic (exact) mass is 400 g/mol. The number of fused-ring (bicyclic) bond motifs is 1. The summed E-state index contributed by atoms with van der Waals surface area (Å²) in [4.78, 5) is 26.1. The zero-order chi connectivity index (χ0) is 20.4. The number of primary amides is 1. The molecule has 2 unspecified atom stereocenters. The van der Waals surface area contributed by atoms with Gasteiger partial charge in [0.1, 0.15) is 10.8 Å². The summed E-state index contributed by atoms with van der Waals surface area (Å²) in [7, 11) is 0. The zero-order valence-electron chi connectivity index (χ0n) is 16.9. The Morgan fingerprint density at radius 1 is 1.32 bits per heavy atom. The molecule has 0 bridgehead atoms. The van der Waals surface area contributed by atoms with Crippen molar-refractivity contribution >= 4 is 28.2 Å². The minimum absolute atomic E-state index is 0.255. The fraction of sp³-hybridized carbons (Fsp3) is 0.455. The fourth-order valence-corrected chi connectivity index (χ4v) is 4.98. The van der Waals surface area contributed by atoms with Gasteiger partial charge in [0.15, 0.2) is 6.10 Å². The number of rotatable bonds is 6. The summed E-state index contributed by atoms with van der Waals surface area (Å²) >= 11 is 1.47. The average molecular weight is 401 g/mol. The lowest BCUT2D eigenvalue weighted by molar-refractivity contribution is -0.122. The van der Waals surface area contributed by atoms with E-state index in [-0.39, 0.29) is 5.91 Å². The van der Waals surface area contributed by atoms with Crippen LogP contribution < -0.4 is 15.8 Å². The standard InChI is InChI=1S/C22H28N2O3S/c1-5-17(27-15-8-7-13(3)14(4)11-15)21(26)24-22-19(20(23)25)16-9-6-12(2)10-18(16)28-22/h7-8,11-12,17H,5-6,9-10H2,1-4H3,(H2,23,25)(H,24,26). The van der Waals surface area contributed by atoms with Crippen LogP contribution in [0.3, 0.4) is 0 Å². The first-order valence-electron chi connectivity index (χ1n) is 9.79. The van der Waals surface area contributed by atoms with Gasteiger partial charge in [-0.1, -0.05) is 19.9 Å². The van der Waals surface area contributed by atoms with Gasteiger partial charge < -0.3 is 15.8 Å². The Kier molecular flexibility index (Phi) is 6.08. The average Bonchev–Trinajstić information content (AvgIpc) is 2.99. The molecule has 3 rings (SSSR count). The van der Waals surface area contributed by atoms with E-state index in [9.17, 15) is 9.59 Å². The highest BCUT2D eigenvalue weighted by Gasteiger charge is 2.29. The van der Waals surface area contributed by atoms with Crippen molar-refractivity contribution in [3.63, 3.8) is 0 Å². The molecule has 5 nitrogen and oxygen atoms in total. The highest BCUT2D eigenvalue weighted by Crippen LogP contribution is 2.39. The van der Waals surface area contributed by atoms with Crippen molar-refractivity contribution in [3.05, 3.63) is 45.3 Å². The van der Waals surface area contributed by atoms with E-state index in [1.807, 2.05) is 39.0 Å². The van der Waals surface area contributed by atoms with Gasteiger partial charge in [-0.05, 0) is 74.3 Å². The van der Waals surface area contributed by atoms with Crippen molar-refractivity contribution < 1.29 is 14.3 Å². The van der Waals surface area contributed by atoms with E-state index < -0.39 is 12.0 Å². The predicted octanol–water partition coefficient (Wildman–Crippen LogP) is 4.38. The number of carbonyl (C=O) groups is 2. The molecular weight excluding hydrogens is 372 g/mol. The molecule has 0 radical (unpaired) electrons. The first kappa shape index (κ1) is 20.4. The van der Waals surface area contributed by atoms with Crippen molar-refractivity contribution in [2.75, 3.05) is 5.32 Å². The Morgan fingerprint density at radius 2 is 2.07 bits per heavy atom. The quantitative estimate of drug-likeness (QED) is 0.755. The smallest absolute Gasteiger partial charge is 0.266 e. The Morgan fingerprint density at radius 3 is 2.71 bits per heavy atom. The lowest BCUT2D eigenvalue weighted by atomic mass is 9.88. The lowest BCUT2D eigenvalue weighted by Crippen LogP contribution is -2.32. The number of benzene rings is 1. The Bertz CT molecular complexity index is 903. The van der Waals surface area contributed by atoms with E-state index in [2.05, 4.69) is 12.2 Å². The predicted molar refractivity (Wildman–Crippen MR) is 113 cm³/mol. The van der Waals surface area contributed by atoms with Gasteiger partial charge in [-0.3, -0.25) is 9.59 Å². The Labute approximate surface area is 170 Å². The van der Waals surface area contributed by atoms with Gasteiger partial charge in [0.2, 0.25) is 0 Å². The van der Waals surface area contributed by atoms with Gasteiger partial charge >= 0.3 is 0 Å². The third-order valence-corrected chi connectivity index (χ3v) is 6.58. The summed E-state index contributed by atoms with van der Waals surface area (Å²) in [5, 5.41) is 3.47. The molecule has 0 saturated carbocycles. The SMILES string of the molecule is CCC(Oc1ccc(C)c(C)c1)C(=O)Nc1sc2c(c1C(N)=O)CCC(C)C2. The summed E-state index contributed by atoms with van der Waals surface area (Å²) in [6, 6.07) is 5.79. The normalized spacial score (nSPS) is 16.9. The maximum atomic E-state index is 12.9. The van der Waals surface area contributed by atoms with Crippen LogP contribution in [0.15, 0.2) is 18.2 Å². The first-order valence-corrected chi connectivity index (χ1v) is 10.6. The van der Waals surface area contributed by atoms with Crippen molar-refractivity contribution in [1.29, 1.82) is 0 Å². The molecule has 2 atom stereocenters. The summed E-state index contributed by atoms with van der Waals surface area (Å²) in [5.41, 5.74) is 9.41. The van der Waals surface area contributed by atoms with Crippen LogP contribution in [0.4, 0.5) is 5.00 Å². The summed E-state index contributed by atoms with van der Waals surface area (Å²) < 4.78 is 5.93. The largest absolute Gasteiger partial charge is 0.481 e. The number of nitrogens with one attached hydrogen (secondary N) is 1. The molecule has 2 amide bonds. The number of amides is 2. The Balaban J connectivity index is 1.80. The fourth-order valence-electron chi connectivity index (χ4n) is 3.57. The number of hydrogen-bond acceptors (Lipinski definition) is 4. The van der Waals surface area contributed by atoms with Crippen LogP contribution in [-0.4, -0.2) is 17.9 Å². The second-order valence-electron chi connectivity index (χ2n) is 7.67. The molecule has 1 aromatic heterocycles. The van der Waals surface area contributed by atoms with Crippen molar-refractivity contribution in [1.82, 2.24) is 0 Å². The highest BCUT2D eigenvalue weighted by atomic mass is 32.1. The first-order chi connectivity index (χ1) is 13.3. The zero-order valence-corrected chi connectivity index (χ0v) is 17.7. The molecule has 0 spiro atoms. The van der Waals surface area contributed by atoms with E-state index in [1.165, 1.54) is 16.9 Å². The molecule has 0 saturated heterocycles. The van der Waals surface area contributed by atoms with E-state index in [0.29, 0.717) is 28.7 Å². The van der Waals surface area contributed by atoms with E-state index in [4.69, 9.17) is 10.5 Å². The van der Waals surface area contributed by atoms with Crippen LogP contribution in [0, 0.1) is 19.8 Å². The highest BCUT2D eigenvalue weighted by molar-refractivity contribution is 7.17. The molecule has 3 N–H and O–H groups in total. The van der Waals surface area contributed by atoms with Crippen LogP contribution in [0.2, 0.25) is 0 Å². The number of thiophene rings is 1. The number of hydrogen-bond donors (Lipinski definition) is 2. The molecule has 0 fully saturated rings. The van der Waals surface area contributed by atoms with Crippen molar-refractivity contribution in [2.45, 2.75) is 59.5 Å². The van der Waals surface area contributed by atoms with Crippen LogP contribution in [-0.2, 0) is 17.6 Å². The number of nitrogens with two attached hydrogens (primary N) is 1. The topological polar surface area (TPSA) is 81.4 Å². The number of ether oxygens (including phenoxy) is 1. The van der Waals surface area contributed by atoms with Gasteiger partial charge in [0.05, 0.1) is 5.56 Å². The van der Waals surface area contributed by atoms with Crippen LogP contribution in [0.1, 0.15) is 58.6 Å². The summed E-state index contributed by atoms with van der Waals surface area (Å²) in [6.07, 6.45) is 2.67. The van der Waals surface area contributed by atoms with Crippen LogP contribution in [0.5, 0.6) is 5.75 Å². The minimum atomic E-state index is -0.638. The molecule has 6 heteroatoms. The van der Waals surface area contributed by atoms with Gasteiger partial charge in [0, 0.05) is 4.88 Å². The number of carbonyl (C=O) groups excluding carboxylic acids is 2. The lowest BCUT2D eigenvalue weighted by Gasteiger charge is -2.18. The molecule has 2 aromatic rings. The molecule has 1 aliphatic rings. The van der Waals surface area contributed by atoms with Crippen LogP contribution in [0.25, 0.3) is 0 Å². The van der Waals surface area contributed by atoms with Crippen molar-refractivity contribution in [3.8, 4) is 5.75 Å². The third-order valence-electron chi connectivity index (χ3n) is 5.41. The van der Waals surface area contributed by atoms with E-state index in [1.54, 1.807) is 0 Å². The molecular formula is C22H28N2O3S. The maximum Gasteiger partial charge on any atom is 0.266 e. The molecule has 150 valence electrons. The molecule has 28 heavy (non-hydrogen) atoms. The molecule has 1 aliphatic carbocycles.